The normalized spacial score (nSPS) is 17.2. The van der Waals surface area contributed by atoms with Crippen LogP contribution in [-0.4, -0.2) is 17.6 Å². The third-order valence-electron chi connectivity index (χ3n) is 3.40. The van der Waals surface area contributed by atoms with Crippen molar-refractivity contribution in [3.8, 4) is 0 Å². The number of hydrogen-bond acceptors (Lipinski definition) is 3. The fourth-order valence-electron chi connectivity index (χ4n) is 2.32. The minimum absolute atomic E-state index is 0.0724. The molecule has 106 valence electrons. The molecule has 0 N–H and O–H groups in total. The van der Waals surface area contributed by atoms with Crippen LogP contribution in [-0.2, 0) is 4.84 Å². The van der Waals surface area contributed by atoms with Gasteiger partial charge in [0.15, 0.2) is 5.78 Å². The minimum Gasteiger partial charge on any atom is -0.391 e. The van der Waals surface area contributed by atoms with E-state index in [0.717, 1.165) is 11.3 Å². The number of halogens is 1. The van der Waals surface area contributed by atoms with E-state index in [0.29, 0.717) is 23.4 Å². The van der Waals surface area contributed by atoms with Crippen LogP contribution in [0.3, 0.4) is 0 Å². The first-order valence-electron chi connectivity index (χ1n) is 6.79. The standard InChI is InChI=1S/C17H14ClNO2/c18-14-8-4-7-13(9-14)16-10-15(21-19-16)11-17(20)12-5-2-1-3-6-12/h1-9,15H,10-11H2. The lowest BCUT2D eigenvalue weighted by atomic mass is 9.99. The molecule has 0 bridgehead atoms. The van der Waals surface area contributed by atoms with Gasteiger partial charge in [0.1, 0.15) is 6.10 Å². The summed E-state index contributed by atoms with van der Waals surface area (Å²) in [6, 6.07) is 16.7. The van der Waals surface area contributed by atoms with Crippen molar-refractivity contribution in [2.24, 2.45) is 5.16 Å². The Bertz CT molecular complexity index is 682. The zero-order valence-electron chi connectivity index (χ0n) is 11.3. The second-order valence-corrected chi connectivity index (χ2v) is 5.41. The van der Waals surface area contributed by atoms with Crippen molar-refractivity contribution in [1.29, 1.82) is 0 Å². The van der Waals surface area contributed by atoms with E-state index < -0.39 is 0 Å². The second kappa shape index (κ2) is 6.10. The van der Waals surface area contributed by atoms with Crippen molar-refractivity contribution < 1.29 is 9.63 Å². The third-order valence-corrected chi connectivity index (χ3v) is 3.63. The highest BCUT2D eigenvalue weighted by molar-refractivity contribution is 6.31. The van der Waals surface area contributed by atoms with Gasteiger partial charge < -0.3 is 4.84 Å². The number of carbonyl (C=O) groups is 1. The van der Waals surface area contributed by atoms with Crippen LogP contribution in [0, 0.1) is 0 Å². The first-order valence-corrected chi connectivity index (χ1v) is 7.17. The Morgan fingerprint density at radius 3 is 2.76 bits per heavy atom. The predicted molar refractivity (Wildman–Crippen MR) is 82.9 cm³/mol. The molecule has 3 rings (SSSR count). The molecule has 0 radical (unpaired) electrons. The van der Waals surface area contributed by atoms with Gasteiger partial charge in [0.25, 0.3) is 0 Å². The molecular formula is C17H14ClNO2. The Kier molecular flexibility index (Phi) is 4.02. The van der Waals surface area contributed by atoms with Crippen LogP contribution >= 0.6 is 11.6 Å². The highest BCUT2D eigenvalue weighted by Crippen LogP contribution is 2.22. The summed E-state index contributed by atoms with van der Waals surface area (Å²) < 4.78 is 0. The highest BCUT2D eigenvalue weighted by Gasteiger charge is 2.25. The smallest absolute Gasteiger partial charge is 0.166 e. The van der Waals surface area contributed by atoms with E-state index >= 15 is 0 Å². The third kappa shape index (κ3) is 3.31. The molecule has 0 aliphatic carbocycles. The largest absolute Gasteiger partial charge is 0.391 e. The lowest BCUT2D eigenvalue weighted by Crippen LogP contribution is -2.14. The molecule has 0 spiro atoms. The summed E-state index contributed by atoms with van der Waals surface area (Å²) in [6.45, 7) is 0. The summed E-state index contributed by atoms with van der Waals surface area (Å²) in [5.74, 6) is 0.0724. The number of carbonyl (C=O) groups excluding carboxylic acids is 1. The van der Waals surface area contributed by atoms with Gasteiger partial charge in [0.05, 0.1) is 12.1 Å². The Labute approximate surface area is 128 Å². The van der Waals surface area contributed by atoms with Gasteiger partial charge in [-0.25, -0.2) is 0 Å². The summed E-state index contributed by atoms with van der Waals surface area (Å²) in [7, 11) is 0. The van der Waals surface area contributed by atoms with Crippen LogP contribution in [0.1, 0.15) is 28.8 Å². The summed E-state index contributed by atoms with van der Waals surface area (Å²) >= 11 is 5.97. The second-order valence-electron chi connectivity index (χ2n) is 4.97. The maximum atomic E-state index is 12.1. The van der Waals surface area contributed by atoms with Crippen LogP contribution in [0.15, 0.2) is 59.8 Å². The van der Waals surface area contributed by atoms with E-state index in [1.165, 1.54) is 0 Å². The maximum Gasteiger partial charge on any atom is 0.166 e. The molecule has 1 aliphatic heterocycles. The van der Waals surface area contributed by atoms with Crippen LogP contribution < -0.4 is 0 Å². The highest BCUT2D eigenvalue weighted by atomic mass is 35.5. The van der Waals surface area contributed by atoms with Gasteiger partial charge in [-0.05, 0) is 12.1 Å². The number of oxime groups is 1. The van der Waals surface area contributed by atoms with E-state index in [2.05, 4.69) is 5.16 Å². The summed E-state index contributed by atoms with van der Waals surface area (Å²) in [5.41, 5.74) is 2.48. The zero-order chi connectivity index (χ0) is 14.7. The monoisotopic (exact) mass is 299 g/mol. The van der Waals surface area contributed by atoms with Crippen LogP contribution in [0.25, 0.3) is 0 Å². The Morgan fingerprint density at radius 2 is 2.00 bits per heavy atom. The van der Waals surface area contributed by atoms with Crippen molar-refractivity contribution in [1.82, 2.24) is 0 Å². The lowest BCUT2D eigenvalue weighted by molar-refractivity contribution is 0.0659. The Hall–Kier alpha value is -2.13. The fraction of sp³-hybridized carbons (Fsp3) is 0.176. The van der Waals surface area contributed by atoms with Gasteiger partial charge >= 0.3 is 0 Å². The van der Waals surface area contributed by atoms with E-state index in [-0.39, 0.29) is 11.9 Å². The molecule has 2 aromatic rings. The van der Waals surface area contributed by atoms with E-state index in [1.54, 1.807) is 0 Å². The SMILES string of the molecule is O=C(CC1CC(c2cccc(Cl)c2)=NO1)c1ccccc1. The molecule has 1 unspecified atom stereocenters. The quantitative estimate of drug-likeness (QED) is 0.797. The van der Waals surface area contributed by atoms with Crippen molar-refractivity contribution in [3.05, 3.63) is 70.7 Å². The van der Waals surface area contributed by atoms with Crippen molar-refractivity contribution in [2.45, 2.75) is 18.9 Å². The molecule has 0 amide bonds. The van der Waals surface area contributed by atoms with Gasteiger partial charge in [0, 0.05) is 22.6 Å². The summed E-state index contributed by atoms with van der Waals surface area (Å²) in [4.78, 5) is 17.5. The van der Waals surface area contributed by atoms with Crippen LogP contribution in [0.2, 0.25) is 5.02 Å². The van der Waals surface area contributed by atoms with Crippen LogP contribution in [0.4, 0.5) is 0 Å². The number of hydrogen-bond donors (Lipinski definition) is 0. The van der Waals surface area contributed by atoms with E-state index in [4.69, 9.17) is 16.4 Å². The van der Waals surface area contributed by atoms with Crippen molar-refractivity contribution in [2.75, 3.05) is 0 Å². The van der Waals surface area contributed by atoms with Gasteiger partial charge in [-0.15, -0.1) is 0 Å². The van der Waals surface area contributed by atoms with Crippen molar-refractivity contribution in [3.63, 3.8) is 0 Å². The van der Waals surface area contributed by atoms with Crippen LogP contribution in [0.5, 0.6) is 0 Å². The van der Waals surface area contributed by atoms with Gasteiger partial charge in [0.2, 0.25) is 0 Å². The first kappa shape index (κ1) is 13.8. The number of nitrogens with zero attached hydrogens (tertiary/aromatic N) is 1. The molecule has 0 aromatic heterocycles. The van der Waals surface area contributed by atoms with Gasteiger partial charge in [-0.1, -0.05) is 59.2 Å². The van der Waals surface area contributed by atoms with E-state index in [9.17, 15) is 4.79 Å². The fourth-order valence-corrected chi connectivity index (χ4v) is 2.52. The molecule has 0 saturated heterocycles. The predicted octanol–water partition coefficient (Wildman–Crippen LogP) is 4.11. The van der Waals surface area contributed by atoms with Gasteiger partial charge in [-0.3, -0.25) is 4.79 Å². The zero-order valence-corrected chi connectivity index (χ0v) is 12.1. The average Bonchev–Trinajstić information content (AvgIpc) is 2.97. The Morgan fingerprint density at radius 1 is 1.19 bits per heavy atom. The van der Waals surface area contributed by atoms with Crippen molar-refractivity contribution >= 4 is 23.1 Å². The number of rotatable bonds is 4. The lowest BCUT2D eigenvalue weighted by Gasteiger charge is -2.07. The molecule has 1 heterocycles. The number of benzene rings is 2. The first-order chi connectivity index (χ1) is 10.2. The molecule has 3 nitrogen and oxygen atoms in total. The molecule has 0 fully saturated rings. The number of ketones is 1. The summed E-state index contributed by atoms with van der Waals surface area (Å²) in [6.07, 6.45) is 0.753. The van der Waals surface area contributed by atoms with Gasteiger partial charge in [-0.2, -0.15) is 0 Å². The molecule has 1 atom stereocenters. The topological polar surface area (TPSA) is 38.7 Å². The minimum atomic E-state index is -0.202. The van der Waals surface area contributed by atoms with E-state index in [1.807, 2.05) is 54.6 Å². The molecule has 0 saturated carbocycles. The Balaban J connectivity index is 1.63. The molecule has 21 heavy (non-hydrogen) atoms. The molecular weight excluding hydrogens is 286 g/mol. The molecule has 4 heteroatoms. The number of Topliss-reactive ketones (excluding diaryl/α,β-unsaturated/α-hetero) is 1. The molecule has 2 aromatic carbocycles. The average molecular weight is 300 g/mol. The molecule has 1 aliphatic rings. The maximum absolute atomic E-state index is 12.1. The summed E-state index contributed by atoms with van der Waals surface area (Å²) in [5, 5.41) is 4.75.